The summed E-state index contributed by atoms with van der Waals surface area (Å²) >= 11 is 0. The van der Waals surface area contributed by atoms with Gasteiger partial charge in [-0.3, -0.25) is 4.98 Å². The number of hydrogen-bond acceptors (Lipinski definition) is 2. The van der Waals surface area contributed by atoms with Crippen LogP contribution in [0.25, 0.3) is 0 Å². The van der Waals surface area contributed by atoms with Gasteiger partial charge in [0.05, 0.1) is 5.69 Å². The van der Waals surface area contributed by atoms with Crippen LogP contribution in [0.1, 0.15) is 50.4 Å². The van der Waals surface area contributed by atoms with Crippen molar-refractivity contribution in [3.05, 3.63) is 29.6 Å². The number of nitrogens with zero attached hydrogens (tertiary/aromatic N) is 1. The van der Waals surface area contributed by atoms with Crippen LogP contribution in [-0.4, -0.2) is 12.0 Å². The maximum absolute atomic E-state index is 4.51. The van der Waals surface area contributed by atoms with Gasteiger partial charge in [0.1, 0.15) is 0 Å². The van der Waals surface area contributed by atoms with E-state index in [-0.39, 0.29) is 0 Å². The number of aryl methyl sites for hydroxylation is 1. The Balaban J connectivity index is 2.78. The first-order valence-corrected chi connectivity index (χ1v) is 6.31. The van der Waals surface area contributed by atoms with E-state index in [2.05, 4.69) is 37.1 Å². The Morgan fingerprint density at radius 3 is 2.50 bits per heavy atom. The average Bonchev–Trinajstić information content (AvgIpc) is 2.32. The molecule has 1 heterocycles. The summed E-state index contributed by atoms with van der Waals surface area (Å²) < 4.78 is 0. The molecular weight excluding hydrogens is 196 g/mol. The van der Waals surface area contributed by atoms with Gasteiger partial charge in [-0.2, -0.15) is 0 Å². The highest BCUT2D eigenvalue weighted by atomic mass is 14.9. The summed E-state index contributed by atoms with van der Waals surface area (Å²) in [6.07, 6.45) is 5.57. The van der Waals surface area contributed by atoms with Gasteiger partial charge in [-0.05, 0) is 37.9 Å². The van der Waals surface area contributed by atoms with Crippen molar-refractivity contribution >= 4 is 0 Å². The van der Waals surface area contributed by atoms with Gasteiger partial charge in [-0.1, -0.05) is 32.8 Å². The second-order valence-corrected chi connectivity index (χ2v) is 4.47. The predicted molar refractivity (Wildman–Crippen MR) is 69.5 cm³/mol. The van der Waals surface area contributed by atoms with Crippen molar-refractivity contribution in [2.24, 2.45) is 5.92 Å². The van der Waals surface area contributed by atoms with Crippen LogP contribution in [0.3, 0.4) is 0 Å². The molecule has 0 saturated heterocycles. The fourth-order valence-electron chi connectivity index (χ4n) is 2.18. The van der Waals surface area contributed by atoms with Crippen LogP contribution in [0, 0.1) is 12.8 Å². The Hall–Kier alpha value is -0.890. The number of nitrogens with one attached hydrogen (secondary N) is 1. The van der Waals surface area contributed by atoms with Gasteiger partial charge >= 0.3 is 0 Å². The molecule has 1 N–H and O–H groups in total. The van der Waals surface area contributed by atoms with E-state index in [0.29, 0.717) is 6.04 Å². The molecule has 2 heteroatoms. The van der Waals surface area contributed by atoms with E-state index in [1.807, 2.05) is 19.3 Å². The highest BCUT2D eigenvalue weighted by Gasteiger charge is 2.16. The SMILES string of the molecule is CCC(CC)CC(NC)c1ncccc1C. The second-order valence-electron chi connectivity index (χ2n) is 4.47. The van der Waals surface area contributed by atoms with E-state index in [1.54, 1.807) is 0 Å². The van der Waals surface area contributed by atoms with Gasteiger partial charge in [-0.15, -0.1) is 0 Å². The van der Waals surface area contributed by atoms with E-state index in [0.717, 1.165) is 5.92 Å². The van der Waals surface area contributed by atoms with Gasteiger partial charge in [0.25, 0.3) is 0 Å². The van der Waals surface area contributed by atoms with Crippen molar-refractivity contribution in [1.82, 2.24) is 10.3 Å². The second kappa shape index (κ2) is 6.64. The molecule has 0 aliphatic carbocycles. The molecule has 2 nitrogen and oxygen atoms in total. The van der Waals surface area contributed by atoms with Crippen LogP contribution in [0.15, 0.2) is 18.3 Å². The molecule has 1 aromatic heterocycles. The van der Waals surface area contributed by atoms with Gasteiger partial charge in [0.15, 0.2) is 0 Å². The molecule has 0 fully saturated rings. The van der Waals surface area contributed by atoms with Gasteiger partial charge in [0.2, 0.25) is 0 Å². The molecular formula is C14H24N2. The number of pyridine rings is 1. The summed E-state index contributed by atoms with van der Waals surface area (Å²) in [4.78, 5) is 4.51. The van der Waals surface area contributed by atoms with Crippen LogP contribution < -0.4 is 5.32 Å². The lowest BCUT2D eigenvalue weighted by molar-refractivity contribution is 0.380. The van der Waals surface area contributed by atoms with Crippen LogP contribution >= 0.6 is 0 Å². The monoisotopic (exact) mass is 220 g/mol. The Morgan fingerprint density at radius 2 is 2.00 bits per heavy atom. The number of hydrogen-bond donors (Lipinski definition) is 1. The fraction of sp³-hybridized carbons (Fsp3) is 0.643. The molecule has 1 atom stereocenters. The number of aromatic nitrogens is 1. The summed E-state index contributed by atoms with van der Waals surface area (Å²) in [5, 5.41) is 3.40. The quantitative estimate of drug-likeness (QED) is 0.794. The largest absolute Gasteiger partial charge is 0.312 e. The van der Waals surface area contributed by atoms with Gasteiger partial charge in [0, 0.05) is 12.2 Å². The molecule has 1 unspecified atom stereocenters. The highest BCUT2D eigenvalue weighted by Crippen LogP contribution is 2.25. The van der Waals surface area contributed by atoms with Gasteiger partial charge < -0.3 is 5.32 Å². The molecule has 0 amide bonds. The molecule has 0 spiro atoms. The maximum atomic E-state index is 4.51. The van der Waals surface area contributed by atoms with E-state index < -0.39 is 0 Å². The Bertz CT molecular complexity index is 305. The van der Waals surface area contributed by atoms with Crippen molar-refractivity contribution < 1.29 is 0 Å². The van der Waals surface area contributed by atoms with Gasteiger partial charge in [-0.25, -0.2) is 0 Å². The van der Waals surface area contributed by atoms with E-state index in [9.17, 15) is 0 Å². The van der Waals surface area contributed by atoms with Crippen LogP contribution in [0.2, 0.25) is 0 Å². The van der Waals surface area contributed by atoms with Crippen molar-refractivity contribution in [1.29, 1.82) is 0 Å². The highest BCUT2D eigenvalue weighted by molar-refractivity contribution is 5.21. The van der Waals surface area contributed by atoms with E-state index in [1.165, 1.54) is 30.5 Å². The first kappa shape index (κ1) is 13.2. The molecule has 0 saturated carbocycles. The maximum Gasteiger partial charge on any atom is 0.0602 e. The van der Waals surface area contributed by atoms with E-state index in [4.69, 9.17) is 0 Å². The minimum atomic E-state index is 0.395. The Kier molecular flexibility index (Phi) is 5.47. The molecule has 0 radical (unpaired) electrons. The fourth-order valence-corrected chi connectivity index (χ4v) is 2.18. The third-order valence-electron chi connectivity index (χ3n) is 3.45. The first-order chi connectivity index (χ1) is 7.72. The minimum absolute atomic E-state index is 0.395. The normalized spacial score (nSPS) is 13.1. The number of rotatable bonds is 6. The molecule has 90 valence electrons. The predicted octanol–water partition coefficient (Wildman–Crippen LogP) is 3.48. The topological polar surface area (TPSA) is 24.9 Å². The molecule has 1 rings (SSSR count). The third kappa shape index (κ3) is 3.31. The zero-order valence-electron chi connectivity index (χ0n) is 11.0. The van der Waals surface area contributed by atoms with Crippen LogP contribution in [-0.2, 0) is 0 Å². The molecule has 0 bridgehead atoms. The first-order valence-electron chi connectivity index (χ1n) is 6.31. The summed E-state index contributed by atoms with van der Waals surface area (Å²) in [6, 6.07) is 4.54. The summed E-state index contributed by atoms with van der Waals surface area (Å²) in [6.45, 7) is 6.68. The minimum Gasteiger partial charge on any atom is -0.312 e. The average molecular weight is 220 g/mol. The molecule has 1 aromatic rings. The zero-order chi connectivity index (χ0) is 12.0. The summed E-state index contributed by atoms with van der Waals surface area (Å²) in [5.74, 6) is 0.791. The standard InChI is InChI=1S/C14H24N2/c1-5-12(6-2)10-13(15-4)14-11(3)8-7-9-16-14/h7-9,12-13,15H,5-6,10H2,1-4H3. The zero-order valence-corrected chi connectivity index (χ0v) is 11.0. The summed E-state index contributed by atoms with van der Waals surface area (Å²) in [5.41, 5.74) is 2.49. The third-order valence-corrected chi connectivity index (χ3v) is 3.45. The Morgan fingerprint density at radius 1 is 1.31 bits per heavy atom. The van der Waals surface area contributed by atoms with Crippen LogP contribution in [0.5, 0.6) is 0 Å². The molecule has 0 aromatic carbocycles. The smallest absolute Gasteiger partial charge is 0.0602 e. The summed E-state index contributed by atoms with van der Waals surface area (Å²) in [7, 11) is 2.03. The lowest BCUT2D eigenvalue weighted by Crippen LogP contribution is -2.21. The van der Waals surface area contributed by atoms with Crippen molar-refractivity contribution in [3.63, 3.8) is 0 Å². The Labute approximate surface area is 99.5 Å². The molecule has 16 heavy (non-hydrogen) atoms. The van der Waals surface area contributed by atoms with E-state index >= 15 is 0 Å². The van der Waals surface area contributed by atoms with Crippen LogP contribution in [0.4, 0.5) is 0 Å². The molecule has 0 aliphatic rings. The lowest BCUT2D eigenvalue weighted by Gasteiger charge is -2.22. The molecule has 0 aliphatic heterocycles. The lowest BCUT2D eigenvalue weighted by atomic mass is 9.92. The van der Waals surface area contributed by atoms with Crippen molar-refractivity contribution in [2.75, 3.05) is 7.05 Å². The van der Waals surface area contributed by atoms with Crippen molar-refractivity contribution in [3.8, 4) is 0 Å². The van der Waals surface area contributed by atoms with Crippen molar-refractivity contribution in [2.45, 2.75) is 46.1 Å².